The molecule has 260 valence electrons. The van der Waals surface area contributed by atoms with E-state index in [9.17, 15) is 18.4 Å². The molecule has 1 aliphatic heterocycles. The second-order valence-electron chi connectivity index (χ2n) is 11.0. The molecule has 5 aromatic rings. The number of hydrogen-bond acceptors (Lipinski definition) is 11. The van der Waals surface area contributed by atoms with Gasteiger partial charge in [0.2, 0.25) is 17.7 Å². The largest absolute Gasteiger partial charge is 0.481 e. The van der Waals surface area contributed by atoms with Crippen molar-refractivity contribution in [2.45, 2.75) is 32.4 Å². The molecule has 0 saturated carbocycles. The maximum absolute atomic E-state index is 14.1. The number of fused-ring (bicyclic) bond motifs is 1. The number of benzene rings is 2. The average Bonchev–Trinajstić information content (AvgIpc) is 3.77. The van der Waals surface area contributed by atoms with Gasteiger partial charge in [-0.2, -0.15) is 10.2 Å². The molecule has 1 aliphatic rings. The highest BCUT2D eigenvalue weighted by molar-refractivity contribution is 6.19. The second kappa shape index (κ2) is 14.4. The highest BCUT2D eigenvalue weighted by Crippen LogP contribution is 2.41. The first-order valence-corrected chi connectivity index (χ1v) is 15.1. The van der Waals surface area contributed by atoms with Crippen LogP contribution in [0.25, 0.3) is 11.5 Å². The van der Waals surface area contributed by atoms with E-state index in [4.69, 9.17) is 31.1 Å². The molecule has 6 rings (SSSR count). The van der Waals surface area contributed by atoms with Crippen molar-refractivity contribution in [3.05, 3.63) is 94.7 Å². The maximum atomic E-state index is 14.1. The zero-order chi connectivity index (χ0) is 36.2. The van der Waals surface area contributed by atoms with E-state index >= 15 is 0 Å². The van der Waals surface area contributed by atoms with Crippen LogP contribution in [0.4, 0.5) is 20.4 Å². The molecule has 0 radical (unpaired) electrons. The molecule has 0 spiro atoms. The number of esters is 1. The van der Waals surface area contributed by atoms with Crippen LogP contribution in [0.3, 0.4) is 0 Å². The topological polar surface area (TPSA) is 211 Å². The molecule has 6 N–H and O–H groups in total. The van der Waals surface area contributed by atoms with Crippen LogP contribution in [0, 0.1) is 17.0 Å². The van der Waals surface area contributed by atoms with Crippen LogP contribution < -0.4 is 26.3 Å². The zero-order valence-electron chi connectivity index (χ0n) is 27.5. The first kappa shape index (κ1) is 34.9. The van der Waals surface area contributed by atoms with Crippen LogP contribution in [0.2, 0.25) is 0 Å². The minimum Gasteiger partial charge on any atom is -0.481 e. The Morgan fingerprint density at radius 3 is 2.04 bits per heavy atom. The third kappa shape index (κ3) is 6.78. The Balaban J connectivity index is 0.000000228. The van der Waals surface area contributed by atoms with E-state index in [1.165, 1.54) is 42.6 Å². The highest BCUT2D eigenvalue weighted by Gasteiger charge is 2.53. The third-order valence-electron chi connectivity index (χ3n) is 7.77. The van der Waals surface area contributed by atoms with Gasteiger partial charge in [-0.1, -0.05) is 36.4 Å². The van der Waals surface area contributed by atoms with E-state index in [1.807, 2.05) is 0 Å². The maximum Gasteiger partial charge on any atom is 0.326 e. The molecule has 4 heterocycles. The van der Waals surface area contributed by atoms with E-state index in [-0.39, 0.29) is 60.2 Å². The number of halogens is 2. The number of aromatic nitrogens is 6. The number of carbonyl (C=O) groups excluding carboxylic acids is 2. The highest BCUT2D eigenvalue weighted by atomic mass is 19.1. The van der Waals surface area contributed by atoms with Gasteiger partial charge < -0.3 is 31.0 Å². The van der Waals surface area contributed by atoms with Crippen molar-refractivity contribution in [1.82, 2.24) is 29.5 Å². The van der Waals surface area contributed by atoms with Crippen LogP contribution in [0.5, 0.6) is 11.8 Å². The summed E-state index contributed by atoms with van der Waals surface area (Å²) in [6.07, 6.45) is 0. The van der Waals surface area contributed by atoms with Crippen LogP contribution >= 0.6 is 0 Å². The number of ether oxygens (including phenoxy) is 3. The Hall–Kier alpha value is -6.39. The Morgan fingerprint density at radius 2 is 1.50 bits per heavy atom. The smallest absolute Gasteiger partial charge is 0.326 e. The summed E-state index contributed by atoms with van der Waals surface area (Å²) in [5.74, 6) is -1.22. The Morgan fingerprint density at radius 1 is 0.940 bits per heavy atom. The lowest BCUT2D eigenvalue weighted by atomic mass is 9.84. The lowest BCUT2D eigenvalue weighted by molar-refractivity contribution is -0.152. The van der Waals surface area contributed by atoms with Gasteiger partial charge in [0.25, 0.3) is 0 Å². The van der Waals surface area contributed by atoms with Gasteiger partial charge in [0, 0.05) is 23.3 Å². The van der Waals surface area contributed by atoms with Crippen LogP contribution in [0.15, 0.2) is 60.7 Å². The van der Waals surface area contributed by atoms with Crippen molar-refractivity contribution in [2.24, 2.45) is 5.73 Å². The number of amidine groups is 1. The van der Waals surface area contributed by atoms with Crippen molar-refractivity contribution in [3.63, 3.8) is 0 Å². The third-order valence-corrected chi connectivity index (χ3v) is 7.77. The summed E-state index contributed by atoms with van der Waals surface area (Å²) in [4.78, 5) is 33.7. The van der Waals surface area contributed by atoms with Crippen molar-refractivity contribution < 1.29 is 32.6 Å². The molecule has 1 atom stereocenters. The number of methoxy groups -OCH3 is 2. The lowest BCUT2D eigenvalue weighted by Crippen LogP contribution is -2.41. The first-order valence-electron chi connectivity index (χ1n) is 15.1. The molecule has 0 bridgehead atoms. The number of anilines is 2. The molecule has 15 nitrogen and oxygen atoms in total. The average molecular weight is 689 g/mol. The lowest BCUT2D eigenvalue weighted by Gasteiger charge is -2.20. The summed E-state index contributed by atoms with van der Waals surface area (Å²) in [7, 11) is 2.94. The summed E-state index contributed by atoms with van der Waals surface area (Å²) in [5, 5.41) is 18.4. The monoisotopic (exact) mass is 688 g/mol. The summed E-state index contributed by atoms with van der Waals surface area (Å²) >= 11 is 0. The molecular weight excluding hydrogens is 654 g/mol. The number of nitrogens with zero attached hydrogens (tertiary/aromatic N) is 6. The van der Waals surface area contributed by atoms with Gasteiger partial charge in [-0.05, 0) is 26.0 Å². The fraction of sp³-hybridized carbons (Fsp3) is 0.242. The van der Waals surface area contributed by atoms with Crippen LogP contribution in [-0.4, -0.2) is 68.1 Å². The quantitative estimate of drug-likeness (QED) is 0.0724. The van der Waals surface area contributed by atoms with Gasteiger partial charge in [0.05, 0.1) is 39.5 Å². The van der Waals surface area contributed by atoms with Crippen molar-refractivity contribution >= 4 is 29.3 Å². The minimum atomic E-state index is -1.66. The number of carbonyl (C=O) groups is 2. The summed E-state index contributed by atoms with van der Waals surface area (Å²) in [5.41, 5.74) is 11.5. The van der Waals surface area contributed by atoms with Crippen molar-refractivity contribution in [2.75, 3.05) is 31.9 Å². The molecule has 1 unspecified atom stereocenters. The van der Waals surface area contributed by atoms with Gasteiger partial charge in [-0.3, -0.25) is 15.0 Å². The molecule has 17 heteroatoms. The number of nitrogen functional groups attached to an aromatic ring is 2. The van der Waals surface area contributed by atoms with Gasteiger partial charge >= 0.3 is 5.97 Å². The normalized spacial score (nSPS) is 14.6. The number of nitrogens with one attached hydrogen (secondary N) is 2. The number of amides is 1. The van der Waals surface area contributed by atoms with Gasteiger partial charge in [-0.15, -0.1) is 0 Å². The van der Waals surface area contributed by atoms with E-state index in [0.29, 0.717) is 34.3 Å². The molecule has 0 saturated heterocycles. The van der Waals surface area contributed by atoms with Crippen molar-refractivity contribution in [3.8, 4) is 23.3 Å². The molecule has 3 aromatic heterocycles. The first-order chi connectivity index (χ1) is 23.9. The molecule has 1 amide bonds. The molecule has 0 aliphatic carbocycles. The van der Waals surface area contributed by atoms with Crippen LogP contribution in [-0.2, 0) is 32.8 Å². The second-order valence-corrected chi connectivity index (χ2v) is 11.0. The summed E-state index contributed by atoms with van der Waals surface area (Å²) in [6, 6.07) is 15.9. The van der Waals surface area contributed by atoms with Crippen LogP contribution in [0.1, 0.15) is 36.2 Å². The number of nitrogens with two attached hydrogens (primary N) is 2. The van der Waals surface area contributed by atoms with E-state index < -0.39 is 17.3 Å². The Kier molecular flexibility index (Phi) is 10.1. The van der Waals surface area contributed by atoms with E-state index in [1.54, 1.807) is 55.5 Å². The van der Waals surface area contributed by atoms with Gasteiger partial charge in [0.1, 0.15) is 40.5 Å². The van der Waals surface area contributed by atoms with Gasteiger partial charge in [0.15, 0.2) is 11.2 Å². The molecule has 0 fully saturated rings. The van der Waals surface area contributed by atoms with Gasteiger partial charge in [-0.25, -0.2) is 28.1 Å². The van der Waals surface area contributed by atoms with E-state index in [0.717, 1.165) is 0 Å². The predicted molar refractivity (Wildman–Crippen MR) is 178 cm³/mol. The Labute approximate surface area is 284 Å². The minimum absolute atomic E-state index is 0.0541. The fourth-order valence-corrected chi connectivity index (χ4v) is 5.16. The van der Waals surface area contributed by atoms with E-state index in [2.05, 4.69) is 25.5 Å². The zero-order valence-corrected chi connectivity index (χ0v) is 27.5. The van der Waals surface area contributed by atoms with Crippen molar-refractivity contribution in [1.29, 1.82) is 5.41 Å². The summed E-state index contributed by atoms with van der Waals surface area (Å²) < 4.78 is 46.0. The molecular formula is C33H34F2N10O5. The molecule has 50 heavy (non-hydrogen) atoms. The predicted octanol–water partition coefficient (Wildman–Crippen LogP) is 3.25. The number of hydrogen-bond donors (Lipinski definition) is 4. The number of rotatable bonds is 10. The SMILES string of the molecule is CCOC(=O)C1(C)C(=O)Nc2nc(-c3cc(OC)n(Cc4ccccc4F)n3)nc(N)c21.COc1cc(C(=N)N)nn1Cc1ccccc1F. The molecule has 2 aromatic carbocycles. The fourth-order valence-electron chi connectivity index (χ4n) is 5.16. The Bertz CT molecular complexity index is 2080. The standard InChI is InChI=1S/C21H21FN6O4.C12H13FN4O/c1-4-32-20(30)21(2)15-16(23)24-17(25-18(15)26-19(21)29)13-9-14(31-3)28(27-13)10-11-7-5-6-8-12(11)22;1-18-11-6-10(12(14)15)16-17(11)7-8-4-2-3-5-9(8)13/h5-9H,4,10H2,1-3H3,(H3,23,24,25,26,29);2-6H,7H2,1H3,(H3,14,15). The summed E-state index contributed by atoms with van der Waals surface area (Å²) in [6.45, 7) is 3.51.